The van der Waals surface area contributed by atoms with Crippen LogP contribution in [0.1, 0.15) is 32.1 Å². The first-order valence-electron chi connectivity index (χ1n) is 7.39. The Labute approximate surface area is 136 Å². The van der Waals surface area contributed by atoms with Gasteiger partial charge >= 0.3 is 5.97 Å². The average Bonchev–Trinajstić information content (AvgIpc) is 2.87. The number of fused-ring (bicyclic) bond motifs is 1. The quantitative estimate of drug-likeness (QED) is 0.674. The summed E-state index contributed by atoms with van der Waals surface area (Å²) in [5.74, 6) is 0.120. The van der Waals surface area contributed by atoms with Gasteiger partial charge in [0.15, 0.2) is 0 Å². The van der Waals surface area contributed by atoms with Crippen LogP contribution in [0.2, 0.25) is 0 Å². The average molecular weight is 334 g/mol. The molecule has 0 fully saturated rings. The van der Waals surface area contributed by atoms with E-state index in [0.29, 0.717) is 28.6 Å². The molecule has 2 aromatic rings. The number of hydrogen-bond acceptors (Lipinski definition) is 6. The topological polar surface area (TPSA) is 121 Å². The third-order valence-corrected chi connectivity index (χ3v) is 5.38. The molecule has 0 aromatic carbocycles. The number of H-pyrrole nitrogens is 1. The van der Waals surface area contributed by atoms with E-state index in [0.717, 1.165) is 29.8 Å². The van der Waals surface area contributed by atoms with Gasteiger partial charge in [-0.15, -0.1) is 11.3 Å². The van der Waals surface area contributed by atoms with E-state index in [-0.39, 0.29) is 11.5 Å². The molecule has 0 saturated heterocycles. The molecule has 5 N–H and O–H groups in total. The molecule has 0 spiro atoms. The number of aromatic amines is 1. The molecule has 0 radical (unpaired) electrons. The summed E-state index contributed by atoms with van der Waals surface area (Å²) in [6, 6.07) is 1.72. The van der Waals surface area contributed by atoms with Crippen LogP contribution in [0, 0.1) is 12.8 Å². The van der Waals surface area contributed by atoms with Crippen molar-refractivity contribution in [2.45, 2.75) is 26.2 Å². The lowest BCUT2D eigenvalue weighted by Crippen LogP contribution is -2.30. The van der Waals surface area contributed by atoms with Crippen molar-refractivity contribution in [2.75, 3.05) is 17.6 Å². The number of anilines is 2. The molecule has 0 aliphatic carbocycles. The van der Waals surface area contributed by atoms with Crippen molar-refractivity contribution in [1.29, 1.82) is 0 Å². The van der Waals surface area contributed by atoms with Crippen LogP contribution in [0.25, 0.3) is 0 Å². The largest absolute Gasteiger partial charge is 0.477 e. The second-order valence-electron chi connectivity index (χ2n) is 5.79. The number of aryl methyl sites for hydroxylation is 2. The van der Waals surface area contributed by atoms with Crippen LogP contribution >= 0.6 is 11.3 Å². The first kappa shape index (κ1) is 15.5. The summed E-state index contributed by atoms with van der Waals surface area (Å²) in [5.41, 5.74) is 7.01. The number of nitrogens with zero attached hydrogens (tertiary/aromatic N) is 1. The van der Waals surface area contributed by atoms with Gasteiger partial charge in [0.25, 0.3) is 5.56 Å². The molecule has 3 rings (SSSR count). The van der Waals surface area contributed by atoms with E-state index in [1.165, 1.54) is 11.3 Å². The zero-order valence-corrected chi connectivity index (χ0v) is 13.5. The van der Waals surface area contributed by atoms with E-state index in [1.54, 1.807) is 6.07 Å². The van der Waals surface area contributed by atoms with Gasteiger partial charge in [-0.05, 0) is 43.7 Å². The summed E-state index contributed by atoms with van der Waals surface area (Å²) >= 11 is 1.33. The van der Waals surface area contributed by atoms with Crippen molar-refractivity contribution in [2.24, 2.45) is 5.92 Å². The highest BCUT2D eigenvalue weighted by atomic mass is 32.1. The summed E-state index contributed by atoms with van der Waals surface area (Å²) in [6.07, 6.45) is 2.35. The molecule has 0 saturated carbocycles. The van der Waals surface area contributed by atoms with Gasteiger partial charge in [0.1, 0.15) is 10.7 Å². The number of aromatic carboxylic acids is 1. The molecule has 23 heavy (non-hydrogen) atoms. The third kappa shape index (κ3) is 3.21. The highest BCUT2D eigenvalue weighted by molar-refractivity contribution is 7.14. The van der Waals surface area contributed by atoms with Gasteiger partial charge in [-0.25, -0.2) is 4.79 Å². The van der Waals surface area contributed by atoms with Crippen molar-refractivity contribution in [3.8, 4) is 0 Å². The lowest BCUT2D eigenvalue weighted by molar-refractivity contribution is 0.0702. The summed E-state index contributed by atoms with van der Waals surface area (Å²) < 4.78 is 0. The Morgan fingerprint density at radius 3 is 3.04 bits per heavy atom. The Hall–Kier alpha value is -2.35. The molecule has 1 aliphatic heterocycles. The van der Waals surface area contributed by atoms with Gasteiger partial charge in [-0.2, -0.15) is 4.98 Å². The summed E-state index contributed by atoms with van der Waals surface area (Å²) in [4.78, 5) is 31.1. The smallest absolute Gasteiger partial charge is 0.345 e. The number of hydrogen-bond donors (Lipinski definition) is 4. The number of nitrogens with two attached hydrogens (primary N) is 1. The van der Waals surface area contributed by atoms with E-state index in [9.17, 15) is 9.59 Å². The molecule has 2 aromatic heterocycles. The van der Waals surface area contributed by atoms with Gasteiger partial charge in [0.05, 0.1) is 5.56 Å². The van der Waals surface area contributed by atoms with Gasteiger partial charge < -0.3 is 16.2 Å². The molecule has 0 bridgehead atoms. The summed E-state index contributed by atoms with van der Waals surface area (Å²) in [7, 11) is 0. The Morgan fingerprint density at radius 2 is 2.35 bits per heavy atom. The highest BCUT2D eigenvalue weighted by Gasteiger charge is 2.23. The van der Waals surface area contributed by atoms with E-state index < -0.39 is 5.97 Å². The van der Waals surface area contributed by atoms with Gasteiger partial charge in [0.2, 0.25) is 5.95 Å². The zero-order valence-electron chi connectivity index (χ0n) is 12.7. The fourth-order valence-electron chi connectivity index (χ4n) is 2.87. The fraction of sp³-hybridized carbons (Fsp3) is 0.400. The first-order chi connectivity index (χ1) is 10.9. The maximum Gasteiger partial charge on any atom is 0.345 e. The standard InChI is InChI=1S/C15H18N4O3S/c1-7-4-11(14(21)22)23-10(7)3-2-8-5-9-12(17-6-8)18-15(16)19-13(9)20/h4,8H,2-3,5-6H2,1H3,(H,21,22)(H4,16,17,18,19,20)/t8-/m0/s1. The Morgan fingerprint density at radius 1 is 1.57 bits per heavy atom. The number of carboxylic acid groups (broad SMARTS) is 1. The van der Waals surface area contributed by atoms with Crippen molar-refractivity contribution >= 4 is 29.1 Å². The number of thiophene rings is 1. The van der Waals surface area contributed by atoms with Gasteiger partial charge in [-0.1, -0.05) is 0 Å². The van der Waals surface area contributed by atoms with Crippen molar-refractivity contribution in [1.82, 2.24) is 9.97 Å². The molecular formula is C15H18N4O3S. The Bertz CT molecular complexity index is 812. The van der Waals surface area contributed by atoms with Crippen molar-refractivity contribution in [3.63, 3.8) is 0 Å². The molecule has 3 heterocycles. The molecule has 0 amide bonds. The SMILES string of the molecule is Cc1cc(C(=O)O)sc1CC[C@@H]1CNc2nc(N)[nH]c(=O)c2C1. The number of carboxylic acids is 1. The number of aromatic nitrogens is 2. The minimum absolute atomic E-state index is 0.120. The molecule has 1 aliphatic rings. The van der Waals surface area contributed by atoms with Gasteiger partial charge in [-0.3, -0.25) is 9.78 Å². The van der Waals surface area contributed by atoms with E-state index in [4.69, 9.17) is 10.8 Å². The summed E-state index contributed by atoms with van der Waals surface area (Å²) in [6.45, 7) is 2.67. The van der Waals surface area contributed by atoms with Crippen LogP contribution in [0.15, 0.2) is 10.9 Å². The van der Waals surface area contributed by atoms with E-state index in [1.807, 2.05) is 6.92 Å². The lowest BCUT2D eigenvalue weighted by Gasteiger charge is -2.24. The first-order valence-corrected chi connectivity index (χ1v) is 8.21. The van der Waals surface area contributed by atoms with Crippen LogP contribution in [0.5, 0.6) is 0 Å². The monoisotopic (exact) mass is 334 g/mol. The van der Waals surface area contributed by atoms with Crippen molar-refractivity contribution in [3.05, 3.63) is 37.3 Å². The summed E-state index contributed by atoms with van der Waals surface area (Å²) in [5, 5.41) is 12.2. The van der Waals surface area contributed by atoms with E-state index in [2.05, 4.69) is 15.3 Å². The minimum atomic E-state index is -0.882. The maximum absolute atomic E-state index is 12.0. The second kappa shape index (κ2) is 6.04. The Kier molecular flexibility index (Phi) is 4.08. The number of carbonyl (C=O) groups is 1. The molecular weight excluding hydrogens is 316 g/mol. The third-order valence-electron chi connectivity index (χ3n) is 4.10. The molecule has 8 heteroatoms. The highest BCUT2D eigenvalue weighted by Crippen LogP contribution is 2.27. The van der Waals surface area contributed by atoms with Crippen LogP contribution in [0.3, 0.4) is 0 Å². The predicted octanol–water partition coefficient (Wildman–Crippen LogP) is 1.64. The number of nitrogens with one attached hydrogen (secondary N) is 2. The van der Waals surface area contributed by atoms with Crippen LogP contribution in [-0.2, 0) is 12.8 Å². The normalized spacial score (nSPS) is 16.7. The van der Waals surface area contributed by atoms with Crippen LogP contribution < -0.4 is 16.6 Å². The molecule has 122 valence electrons. The fourth-order valence-corrected chi connectivity index (χ4v) is 3.89. The second-order valence-corrected chi connectivity index (χ2v) is 6.93. The maximum atomic E-state index is 12.0. The zero-order chi connectivity index (χ0) is 16.6. The lowest BCUT2D eigenvalue weighted by atomic mass is 9.92. The number of rotatable bonds is 4. The minimum Gasteiger partial charge on any atom is -0.477 e. The Balaban J connectivity index is 1.68. The van der Waals surface area contributed by atoms with Gasteiger partial charge in [0, 0.05) is 11.4 Å². The number of nitrogen functional groups attached to an aromatic ring is 1. The van der Waals surface area contributed by atoms with Crippen LogP contribution in [-0.4, -0.2) is 27.6 Å². The molecule has 7 nitrogen and oxygen atoms in total. The van der Waals surface area contributed by atoms with Crippen molar-refractivity contribution < 1.29 is 9.90 Å². The molecule has 0 unspecified atom stereocenters. The van der Waals surface area contributed by atoms with E-state index >= 15 is 0 Å². The predicted molar refractivity (Wildman–Crippen MR) is 89.3 cm³/mol. The molecule has 1 atom stereocenters. The van der Waals surface area contributed by atoms with Crippen LogP contribution in [0.4, 0.5) is 11.8 Å².